The quantitative estimate of drug-likeness (QED) is 0.853. The van der Waals surface area contributed by atoms with Crippen molar-refractivity contribution in [1.82, 2.24) is 15.5 Å². The van der Waals surface area contributed by atoms with Crippen LogP contribution in [0.5, 0.6) is 0 Å². The number of nitrogens with one attached hydrogen (secondary N) is 2. The Morgan fingerprint density at radius 1 is 1.39 bits per heavy atom. The molecule has 1 aliphatic rings. The molecule has 2 unspecified atom stereocenters. The predicted octanol–water partition coefficient (Wildman–Crippen LogP) is 1.83. The summed E-state index contributed by atoms with van der Waals surface area (Å²) >= 11 is 0. The van der Waals surface area contributed by atoms with Crippen LogP contribution in [0.25, 0.3) is 0 Å². The lowest BCUT2D eigenvalue weighted by atomic mass is 10.1. The summed E-state index contributed by atoms with van der Waals surface area (Å²) in [4.78, 5) is 11.9. The molecule has 2 N–H and O–H groups in total. The van der Waals surface area contributed by atoms with E-state index in [1.165, 1.54) is 6.42 Å². The Bertz CT molecular complexity index is 404. The molecule has 0 bridgehead atoms. The molecule has 1 aromatic heterocycles. The molecule has 0 spiro atoms. The Labute approximate surface area is 107 Å². The van der Waals surface area contributed by atoms with Gasteiger partial charge in [-0.15, -0.1) is 10.2 Å². The van der Waals surface area contributed by atoms with E-state index in [-0.39, 0.29) is 5.91 Å². The summed E-state index contributed by atoms with van der Waals surface area (Å²) in [5.41, 5.74) is 0.385. The lowest BCUT2D eigenvalue weighted by Gasteiger charge is -2.11. The van der Waals surface area contributed by atoms with E-state index in [1.807, 2.05) is 6.92 Å². The first-order valence-corrected chi connectivity index (χ1v) is 6.57. The van der Waals surface area contributed by atoms with Gasteiger partial charge in [0, 0.05) is 12.6 Å². The maximum atomic E-state index is 11.9. The van der Waals surface area contributed by atoms with Crippen LogP contribution < -0.4 is 10.6 Å². The fourth-order valence-corrected chi connectivity index (χ4v) is 2.33. The Balaban J connectivity index is 1.92. The number of amides is 1. The lowest BCUT2D eigenvalue weighted by Crippen LogP contribution is -2.33. The SMILES string of the molecule is CCNc1ccc(C(=O)NC2CCC(C)C2)nn1. The second-order valence-corrected chi connectivity index (χ2v) is 4.92. The summed E-state index contributed by atoms with van der Waals surface area (Å²) in [6.45, 7) is 5.00. The molecule has 1 aliphatic carbocycles. The first-order valence-electron chi connectivity index (χ1n) is 6.57. The largest absolute Gasteiger partial charge is 0.369 e. The van der Waals surface area contributed by atoms with Crippen molar-refractivity contribution < 1.29 is 4.79 Å². The lowest BCUT2D eigenvalue weighted by molar-refractivity contribution is 0.0931. The van der Waals surface area contributed by atoms with Gasteiger partial charge < -0.3 is 10.6 Å². The molecule has 1 saturated carbocycles. The van der Waals surface area contributed by atoms with Gasteiger partial charge in [0.1, 0.15) is 5.82 Å². The fraction of sp³-hybridized carbons (Fsp3) is 0.615. The van der Waals surface area contributed by atoms with E-state index in [9.17, 15) is 4.79 Å². The van der Waals surface area contributed by atoms with Gasteiger partial charge in [0.25, 0.3) is 5.91 Å². The number of anilines is 1. The van der Waals surface area contributed by atoms with Gasteiger partial charge in [-0.2, -0.15) is 0 Å². The van der Waals surface area contributed by atoms with Crippen molar-refractivity contribution >= 4 is 11.7 Å². The second kappa shape index (κ2) is 5.80. The minimum atomic E-state index is -0.121. The topological polar surface area (TPSA) is 66.9 Å². The van der Waals surface area contributed by atoms with Gasteiger partial charge in [-0.05, 0) is 44.2 Å². The molecular formula is C13H20N4O. The van der Waals surface area contributed by atoms with Crippen molar-refractivity contribution in [3.05, 3.63) is 17.8 Å². The molecule has 5 nitrogen and oxygen atoms in total. The monoisotopic (exact) mass is 248 g/mol. The van der Waals surface area contributed by atoms with Crippen LogP contribution in [0.4, 0.5) is 5.82 Å². The summed E-state index contributed by atoms with van der Waals surface area (Å²) in [6, 6.07) is 3.78. The number of nitrogens with zero attached hydrogens (tertiary/aromatic N) is 2. The van der Waals surface area contributed by atoms with Gasteiger partial charge in [0.05, 0.1) is 0 Å². The molecular weight excluding hydrogens is 228 g/mol. The van der Waals surface area contributed by atoms with Crippen LogP contribution in [0.3, 0.4) is 0 Å². The smallest absolute Gasteiger partial charge is 0.272 e. The van der Waals surface area contributed by atoms with Gasteiger partial charge >= 0.3 is 0 Å². The summed E-state index contributed by atoms with van der Waals surface area (Å²) in [5, 5.41) is 14.0. The maximum absolute atomic E-state index is 11.9. The summed E-state index contributed by atoms with van der Waals surface area (Å²) in [7, 11) is 0. The van der Waals surface area contributed by atoms with Crippen molar-refractivity contribution in [2.24, 2.45) is 5.92 Å². The minimum Gasteiger partial charge on any atom is -0.369 e. The minimum absolute atomic E-state index is 0.121. The summed E-state index contributed by atoms with van der Waals surface area (Å²) in [6.07, 6.45) is 3.32. The zero-order chi connectivity index (χ0) is 13.0. The standard InChI is InChI=1S/C13H20N4O/c1-3-14-12-7-6-11(16-17-12)13(18)15-10-5-4-9(2)8-10/h6-7,9-10H,3-5,8H2,1-2H3,(H,14,17)(H,15,18). The maximum Gasteiger partial charge on any atom is 0.272 e. The molecule has 1 heterocycles. The molecule has 0 aliphatic heterocycles. The molecule has 98 valence electrons. The van der Waals surface area contributed by atoms with E-state index in [1.54, 1.807) is 12.1 Å². The Hall–Kier alpha value is -1.65. The number of hydrogen-bond donors (Lipinski definition) is 2. The number of aromatic nitrogens is 2. The molecule has 0 radical (unpaired) electrons. The predicted molar refractivity (Wildman–Crippen MR) is 70.5 cm³/mol. The highest BCUT2D eigenvalue weighted by Gasteiger charge is 2.23. The van der Waals surface area contributed by atoms with Gasteiger partial charge in [-0.3, -0.25) is 4.79 Å². The Morgan fingerprint density at radius 3 is 2.78 bits per heavy atom. The molecule has 2 atom stereocenters. The van der Waals surface area contributed by atoms with Crippen LogP contribution in [0, 0.1) is 5.92 Å². The van der Waals surface area contributed by atoms with Crippen LogP contribution in [-0.2, 0) is 0 Å². The third-order valence-electron chi connectivity index (χ3n) is 3.29. The second-order valence-electron chi connectivity index (χ2n) is 4.92. The highest BCUT2D eigenvalue weighted by Crippen LogP contribution is 2.24. The van der Waals surface area contributed by atoms with E-state index in [4.69, 9.17) is 0 Å². The third-order valence-corrected chi connectivity index (χ3v) is 3.29. The highest BCUT2D eigenvalue weighted by atomic mass is 16.2. The van der Waals surface area contributed by atoms with Crippen LogP contribution >= 0.6 is 0 Å². The van der Waals surface area contributed by atoms with E-state index in [0.29, 0.717) is 23.5 Å². The van der Waals surface area contributed by atoms with Crippen LogP contribution in [-0.4, -0.2) is 28.7 Å². The molecule has 5 heteroatoms. The van der Waals surface area contributed by atoms with Crippen molar-refractivity contribution in [3.8, 4) is 0 Å². The molecule has 0 saturated heterocycles. The van der Waals surface area contributed by atoms with Gasteiger partial charge in [0.2, 0.25) is 0 Å². The van der Waals surface area contributed by atoms with Crippen molar-refractivity contribution in [2.45, 2.75) is 39.2 Å². The molecule has 1 fully saturated rings. The van der Waals surface area contributed by atoms with E-state index in [0.717, 1.165) is 19.4 Å². The van der Waals surface area contributed by atoms with Gasteiger partial charge in [0.15, 0.2) is 5.69 Å². The van der Waals surface area contributed by atoms with Crippen LogP contribution in [0.15, 0.2) is 12.1 Å². The van der Waals surface area contributed by atoms with Crippen LogP contribution in [0.1, 0.15) is 43.6 Å². The molecule has 1 aromatic rings. The molecule has 2 rings (SSSR count). The Morgan fingerprint density at radius 2 is 2.22 bits per heavy atom. The van der Waals surface area contributed by atoms with Crippen molar-refractivity contribution in [3.63, 3.8) is 0 Å². The normalized spacial score (nSPS) is 22.8. The number of carbonyl (C=O) groups excluding carboxylic acids is 1. The number of carbonyl (C=O) groups is 1. The first-order chi connectivity index (χ1) is 8.69. The van der Waals surface area contributed by atoms with E-state index >= 15 is 0 Å². The van der Waals surface area contributed by atoms with E-state index in [2.05, 4.69) is 27.8 Å². The zero-order valence-electron chi connectivity index (χ0n) is 10.9. The van der Waals surface area contributed by atoms with Gasteiger partial charge in [-0.25, -0.2) is 0 Å². The number of rotatable bonds is 4. The average molecular weight is 248 g/mol. The molecule has 18 heavy (non-hydrogen) atoms. The third kappa shape index (κ3) is 3.18. The molecule has 1 amide bonds. The average Bonchev–Trinajstić information content (AvgIpc) is 2.76. The summed E-state index contributed by atoms with van der Waals surface area (Å²) < 4.78 is 0. The fourth-order valence-electron chi connectivity index (χ4n) is 2.33. The van der Waals surface area contributed by atoms with Gasteiger partial charge in [-0.1, -0.05) is 6.92 Å². The highest BCUT2D eigenvalue weighted by molar-refractivity contribution is 5.92. The summed E-state index contributed by atoms with van der Waals surface area (Å²) in [5.74, 6) is 1.28. The van der Waals surface area contributed by atoms with Crippen LogP contribution in [0.2, 0.25) is 0 Å². The van der Waals surface area contributed by atoms with Crippen molar-refractivity contribution in [2.75, 3.05) is 11.9 Å². The number of hydrogen-bond acceptors (Lipinski definition) is 4. The zero-order valence-corrected chi connectivity index (χ0v) is 10.9. The molecule has 0 aromatic carbocycles. The Kier molecular flexibility index (Phi) is 4.12. The van der Waals surface area contributed by atoms with Crippen molar-refractivity contribution in [1.29, 1.82) is 0 Å². The first kappa shape index (κ1) is 12.8. The van der Waals surface area contributed by atoms with E-state index < -0.39 is 0 Å².